The first-order valence-electron chi connectivity index (χ1n) is 7.90. The smallest absolute Gasteiger partial charge is 0.274 e. The van der Waals surface area contributed by atoms with Gasteiger partial charge in [-0.05, 0) is 59.7 Å². The van der Waals surface area contributed by atoms with Crippen LogP contribution in [-0.2, 0) is 11.8 Å². The fraction of sp³-hybridized carbons (Fsp3) is 0.235. The average molecular weight is 370 g/mol. The van der Waals surface area contributed by atoms with E-state index in [4.69, 9.17) is 0 Å². The number of rotatable bonds is 5. The molecule has 0 aliphatic heterocycles. The molecular formula is C17H18N6O2S. The molecule has 0 aliphatic rings. The molecule has 0 bridgehead atoms. The van der Waals surface area contributed by atoms with Crippen LogP contribution in [0.2, 0.25) is 0 Å². The maximum atomic E-state index is 12.1. The normalized spacial score (nSPS) is 10.7. The lowest BCUT2D eigenvalue weighted by Gasteiger charge is -2.07. The maximum Gasteiger partial charge on any atom is 0.274 e. The van der Waals surface area contributed by atoms with Gasteiger partial charge in [-0.3, -0.25) is 14.9 Å². The third-order valence-corrected chi connectivity index (χ3v) is 4.86. The number of nitrogens with one attached hydrogen (secondary N) is 1. The molecule has 2 aromatic heterocycles. The van der Waals surface area contributed by atoms with Crippen molar-refractivity contribution in [3.8, 4) is 5.69 Å². The number of imide groups is 1. The maximum absolute atomic E-state index is 12.1. The van der Waals surface area contributed by atoms with Crippen LogP contribution >= 0.6 is 11.8 Å². The number of tetrazole rings is 1. The highest BCUT2D eigenvalue weighted by Gasteiger charge is 2.15. The lowest BCUT2D eigenvalue weighted by molar-refractivity contribution is -0.117. The SMILES string of the molecule is Cc1ccc(-n2nnnc2SCC(=O)NC(=O)c2cccn2C)cc1C. The molecule has 8 nitrogen and oxygen atoms in total. The highest BCUT2D eigenvalue weighted by molar-refractivity contribution is 7.99. The number of hydrogen-bond donors (Lipinski definition) is 1. The van der Waals surface area contributed by atoms with E-state index in [1.807, 2.05) is 32.0 Å². The van der Waals surface area contributed by atoms with Crippen LogP contribution in [0.25, 0.3) is 5.69 Å². The molecule has 0 radical (unpaired) electrons. The van der Waals surface area contributed by atoms with Gasteiger partial charge in [0.1, 0.15) is 5.69 Å². The van der Waals surface area contributed by atoms with Crippen molar-refractivity contribution >= 4 is 23.6 Å². The first kappa shape index (κ1) is 17.9. The minimum absolute atomic E-state index is 0.0291. The molecule has 0 saturated carbocycles. The average Bonchev–Trinajstić information content (AvgIpc) is 3.24. The molecule has 0 unspecified atom stereocenters. The first-order chi connectivity index (χ1) is 12.5. The molecule has 134 valence electrons. The van der Waals surface area contributed by atoms with E-state index >= 15 is 0 Å². The van der Waals surface area contributed by atoms with Crippen LogP contribution in [0.3, 0.4) is 0 Å². The molecule has 9 heteroatoms. The number of carbonyl (C=O) groups excluding carboxylic acids is 2. The van der Waals surface area contributed by atoms with Gasteiger partial charge >= 0.3 is 0 Å². The molecule has 0 aliphatic carbocycles. The van der Waals surface area contributed by atoms with Gasteiger partial charge in [0.15, 0.2) is 0 Å². The van der Waals surface area contributed by atoms with Gasteiger partial charge in [-0.25, -0.2) is 0 Å². The molecule has 0 saturated heterocycles. The summed E-state index contributed by atoms with van der Waals surface area (Å²) in [6, 6.07) is 9.28. The van der Waals surface area contributed by atoms with Gasteiger partial charge < -0.3 is 4.57 Å². The summed E-state index contributed by atoms with van der Waals surface area (Å²) in [6.07, 6.45) is 1.74. The first-order valence-corrected chi connectivity index (χ1v) is 8.88. The minimum atomic E-state index is -0.433. The summed E-state index contributed by atoms with van der Waals surface area (Å²) < 4.78 is 3.22. The van der Waals surface area contributed by atoms with E-state index in [0.29, 0.717) is 10.9 Å². The Morgan fingerprint density at radius 1 is 1.19 bits per heavy atom. The van der Waals surface area contributed by atoms with Gasteiger partial charge in [0.05, 0.1) is 11.4 Å². The highest BCUT2D eigenvalue weighted by Crippen LogP contribution is 2.20. The zero-order valence-electron chi connectivity index (χ0n) is 14.6. The summed E-state index contributed by atoms with van der Waals surface area (Å²) in [6.45, 7) is 4.04. The second-order valence-electron chi connectivity index (χ2n) is 5.81. The summed E-state index contributed by atoms with van der Waals surface area (Å²) in [7, 11) is 1.74. The van der Waals surface area contributed by atoms with E-state index in [0.717, 1.165) is 11.3 Å². The van der Waals surface area contributed by atoms with Crippen molar-refractivity contribution in [2.75, 3.05) is 5.75 Å². The quantitative estimate of drug-likeness (QED) is 0.687. The van der Waals surface area contributed by atoms with Crippen LogP contribution in [0.1, 0.15) is 21.6 Å². The van der Waals surface area contributed by atoms with Crippen molar-refractivity contribution in [2.45, 2.75) is 19.0 Å². The Labute approximate surface area is 154 Å². The van der Waals surface area contributed by atoms with Crippen LogP contribution in [0.4, 0.5) is 0 Å². The fourth-order valence-electron chi connectivity index (χ4n) is 2.34. The second-order valence-corrected chi connectivity index (χ2v) is 6.75. The Balaban J connectivity index is 1.64. The number of thioether (sulfide) groups is 1. The van der Waals surface area contributed by atoms with E-state index in [9.17, 15) is 9.59 Å². The number of hydrogen-bond acceptors (Lipinski definition) is 6. The van der Waals surface area contributed by atoms with Gasteiger partial charge in [0.2, 0.25) is 11.1 Å². The van der Waals surface area contributed by atoms with Crippen LogP contribution in [0.15, 0.2) is 41.7 Å². The van der Waals surface area contributed by atoms with Crippen molar-refractivity contribution < 1.29 is 9.59 Å². The number of benzene rings is 1. The van der Waals surface area contributed by atoms with Crippen LogP contribution < -0.4 is 5.32 Å². The molecule has 2 amide bonds. The van der Waals surface area contributed by atoms with E-state index in [2.05, 4.69) is 20.8 Å². The van der Waals surface area contributed by atoms with E-state index in [1.54, 1.807) is 34.6 Å². The van der Waals surface area contributed by atoms with Crippen molar-refractivity contribution in [1.82, 2.24) is 30.1 Å². The predicted molar refractivity (Wildman–Crippen MR) is 97.2 cm³/mol. The Morgan fingerprint density at radius 3 is 2.69 bits per heavy atom. The standard InChI is InChI=1S/C17H18N6O2S/c1-11-6-7-13(9-12(11)2)23-17(19-20-21-23)26-10-15(24)18-16(25)14-5-4-8-22(14)3/h4-9H,10H2,1-3H3,(H,18,24,25). The molecule has 1 aromatic carbocycles. The Bertz CT molecular complexity index is 962. The van der Waals surface area contributed by atoms with Gasteiger partial charge in [0, 0.05) is 13.2 Å². The number of aryl methyl sites for hydroxylation is 3. The molecule has 3 aromatic rings. The Kier molecular flexibility index (Phi) is 5.17. The zero-order valence-corrected chi connectivity index (χ0v) is 15.4. The zero-order chi connectivity index (χ0) is 18.7. The van der Waals surface area contributed by atoms with Crippen molar-refractivity contribution in [2.24, 2.45) is 7.05 Å². The lowest BCUT2D eigenvalue weighted by Crippen LogP contribution is -2.33. The summed E-state index contributed by atoms with van der Waals surface area (Å²) in [5.41, 5.74) is 3.54. The van der Waals surface area contributed by atoms with Gasteiger partial charge in [-0.1, -0.05) is 17.8 Å². The fourth-order valence-corrected chi connectivity index (χ4v) is 3.03. The third-order valence-electron chi connectivity index (χ3n) is 3.94. The molecular weight excluding hydrogens is 352 g/mol. The number of carbonyl (C=O) groups is 2. The Hall–Kier alpha value is -2.94. The summed E-state index contributed by atoms with van der Waals surface area (Å²) >= 11 is 1.17. The molecule has 2 heterocycles. The van der Waals surface area contributed by atoms with Gasteiger partial charge in [0.25, 0.3) is 5.91 Å². The largest absolute Gasteiger partial charge is 0.347 e. The van der Waals surface area contributed by atoms with Crippen LogP contribution in [-0.4, -0.2) is 42.3 Å². The lowest BCUT2D eigenvalue weighted by atomic mass is 10.1. The third kappa shape index (κ3) is 3.83. The number of aromatic nitrogens is 5. The number of amides is 2. The van der Waals surface area contributed by atoms with E-state index in [1.165, 1.54) is 17.3 Å². The molecule has 26 heavy (non-hydrogen) atoms. The Morgan fingerprint density at radius 2 is 2.00 bits per heavy atom. The van der Waals surface area contributed by atoms with Gasteiger partial charge in [-0.15, -0.1) is 5.10 Å². The summed E-state index contributed by atoms with van der Waals surface area (Å²) in [5.74, 6) is -0.811. The second kappa shape index (κ2) is 7.52. The summed E-state index contributed by atoms with van der Waals surface area (Å²) in [5, 5.41) is 14.5. The molecule has 0 fully saturated rings. The van der Waals surface area contributed by atoms with Crippen molar-refractivity contribution in [3.05, 3.63) is 53.3 Å². The predicted octanol–water partition coefficient (Wildman–Crippen LogP) is 1.67. The van der Waals surface area contributed by atoms with Crippen molar-refractivity contribution in [1.29, 1.82) is 0 Å². The van der Waals surface area contributed by atoms with Crippen LogP contribution in [0, 0.1) is 13.8 Å². The highest BCUT2D eigenvalue weighted by atomic mass is 32.2. The van der Waals surface area contributed by atoms with Crippen LogP contribution in [0.5, 0.6) is 0 Å². The molecule has 0 atom stereocenters. The monoisotopic (exact) mass is 370 g/mol. The van der Waals surface area contributed by atoms with E-state index in [-0.39, 0.29) is 5.75 Å². The summed E-state index contributed by atoms with van der Waals surface area (Å²) in [4.78, 5) is 24.1. The molecule has 1 N–H and O–H groups in total. The number of nitrogens with zero attached hydrogens (tertiary/aromatic N) is 5. The van der Waals surface area contributed by atoms with Gasteiger partial charge in [-0.2, -0.15) is 4.68 Å². The molecule has 3 rings (SSSR count). The minimum Gasteiger partial charge on any atom is -0.347 e. The topological polar surface area (TPSA) is 94.7 Å². The van der Waals surface area contributed by atoms with E-state index < -0.39 is 11.8 Å². The molecule has 0 spiro atoms. The van der Waals surface area contributed by atoms with Crippen molar-refractivity contribution in [3.63, 3.8) is 0 Å².